The third-order valence-electron chi connectivity index (χ3n) is 3.49. The van der Waals surface area contributed by atoms with E-state index in [2.05, 4.69) is 72.8 Å². The van der Waals surface area contributed by atoms with E-state index in [4.69, 9.17) is 5.73 Å². The lowest BCUT2D eigenvalue weighted by molar-refractivity contribution is 1.07. The van der Waals surface area contributed by atoms with Crippen LogP contribution in [-0.2, 0) is 6.54 Å². The normalized spacial score (nSPS) is 10.4. The van der Waals surface area contributed by atoms with E-state index in [1.165, 1.54) is 22.3 Å². The van der Waals surface area contributed by atoms with Gasteiger partial charge in [0.05, 0.1) is 0 Å². The Morgan fingerprint density at radius 1 is 0.600 bits per heavy atom. The van der Waals surface area contributed by atoms with Crippen molar-refractivity contribution in [2.75, 3.05) is 0 Å². The molecule has 0 atom stereocenters. The zero-order valence-corrected chi connectivity index (χ0v) is 11.3. The minimum absolute atomic E-state index is 0.571. The van der Waals surface area contributed by atoms with E-state index in [-0.39, 0.29) is 0 Å². The maximum atomic E-state index is 5.75. The van der Waals surface area contributed by atoms with Crippen LogP contribution in [0.5, 0.6) is 0 Å². The summed E-state index contributed by atoms with van der Waals surface area (Å²) in [5.41, 5.74) is 11.9. The molecule has 0 saturated heterocycles. The Bertz CT molecular complexity index is 702. The quantitative estimate of drug-likeness (QED) is 0.737. The molecule has 0 unspecified atom stereocenters. The first-order valence-electron chi connectivity index (χ1n) is 6.82. The van der Waals surface area contributed by atoms with Crippen LogP contribution in [0, 0.1) is 0 Å². The largest absolute Gasteiger partial charge is 0.326 e. The number of nitrogens with two attached hydrogens (primary N) is 1. The van der Waals surface area contributed by atoms with Crippen molar-refractivity contribution in [3.63, 3.8) is 0 Å². The molecular weight excluding hydrogens is 242 g/mol. The van der Waals surface area contributed by atoms with Crippen molar-refractivity contribution < 1.29 is 0 Å². The minimum Gasteiger partial charge on any atom is -0.326 e. The van der Waals surface area contributed by atoms with E-state index in [0.29, 0.717) is 6.54 Å². The van der Waals surface area contributed by atoms with Gasteiger partial charge in [0.15, 0.2) is 0 Å². The van der Waals surface area contributed by atoms with Gasteiger partial charge >= 0.3 is 0 Å². The molecule has 0 saturated carbocycles. The van der Waals surface area contributed by atoms with Crippen LogP contribution in [0.4, 0.5) is 0 Å². The maximum Gasteiger partial charge on any atom is 0.0178 e. The zero-order valence-electron chi connectivity index (χ0n) is 11.3. The molecule has 0 aliphatic rings. The van der Waals surface area contributed by atoms with Crippen molar-refractivity contribution in [1.29, 1.82) is 0 Å². The van der Waals surface area contributed by atoms with E-state index in [1.807, 2.05) is 6.07 Å². The van der Waals surface area contributed by atoms with Gasteiger partial charge in [-0.05, 0) is 33.9 Å². The van der Waals surface area contributed by atoms with Crippen LogP contribution in [0.25, 0.3) is 22.3 Å². The third kappa shape index (κ3) is 2.49. The van der Waals surface area contributed by atoms with Crippen molar-refractivity contribution in [1.82, 2.24) is 0 Å². The maximum absolute atomic E-state index is 5.75. The molecule has 20 heavy (non-hydrogen) atoms. The van der Waals surface area contributed by atoms with Gasteiger partial charge in [-0.1, -0.05) is 72.8 Å². The molecule has 3 aromatic rings. The van der Waals surface area contributed by atoms with Gasteiger partial charge in [0.25, 0.3) is 0 Å². The van der Waals surface area contributed by atoms with E-state index >= 15 is 0 Å². The van der Waals surface area contributed by atoms with Crippen LogP contribution in [-0.4, -0.2) is 0 Å². The second kappa shape index (κ2) is 5.72. The van der Waals surface area contributed by atoms with E-state index in [1.54, 1.807) is 0 Å². The molecule has 0 fully saturated rings. The van der Waals surface area contributed by atoms with Gasteiger partial charge < -0.3 is 5.73 Å². The average molecular weight is 259 g/mol. The molecule has 0 bridgehead atoms. The monoisotopic (exact) mass is 259 g/mol. The number of hydrogen-bond acceptors (Lipinski definition) is 1. The predicted molar refractivity (Wildman–Crippen MR) is 85.2 cm³/mol. The van der Waals surface area contributed by atoms with Crippen LogP contribution in [0.2, 0.25) is 0 Å². The van der Waals surface area contributed by atoms with E-state index in [9.17, 15) is 0 Å². The van der Waals surface area contributed by atoms with Gasteiger partial charge in [0, 0.05) is 6.54 Å². The Morgan fingerprint density at radius 3 is 1.90 bits per heavy atom. The second-order valence-corrected chi connectivity index (χ2v) is 4.82. The molecule has 0 amide bonds. The van der Waals surface area contributed by atoms with Crippen molar-refractivity contribution in [3.05, 3.63) is 84.4 Å². The molecule has 0 aliphatic heterocycles. The summed E-state index contributed by atoms with van der Waals surface area (Å²) >= 11 is 0. The highest BCUT2D eigenvalue weighted by atomic mass is 14.5. The van der Waals surface area contributed by atoms with Gasteiger partial charge in [-0.2, -0.15) is 0 Å². The third-order valence-corrected chi connectivity index (χ3v) is 3.49. The summed E-state index contributed by atoms with van der Waals surface area (Å²) in [6, 6.07) is 27.4. The molecule has 0 heterocycles. The Hall–Kier alpha value is -2.38. The molecule has 0 aliphatic carbocycles. The van der Waals surface area contributed by atoms with Crippen molar-refractivity contribution in [2.45, 2.75) is 6.54 Å². The fraction of sp³-hybridized carbons (Fsp3) is 0.0526. The average Bonchev–Trinajstić information content (AvgIpc) is 2.56. The molecule has 1 heteroatoms. The highest BCUT2D eigenvalue weighted by Gasteiger charge is 2.06. The standard InChI is InChI=1S/C19H17N/c20-14-15-7-6-10-17(13-15)19-12-5-4-11-18(19)16-8-2-1-3-9-16/h1-13H,14,20H2. The molecule has 0 radical (unpaired) electrons. The summed E-state index contributed by atoms with van der Waals surface area (Å²) < 4.78 is 0. The van der Waals surface area contributed by atoms with Crippen LogP contribution in [0.1, 0.15) is 5.56 Å². The van der Waals surface area contributed by atoms with Gasteiger partial charge in [0.2, 0.25) is 0 Å². The molecule has 1 nitrogen and oxygen atoms in total. The first kappa shape index (κ1) is 12.6. The Morgan fingerprint density at radius 2 is 1.20 bits per heavy atom. The number of rotatable bonds is 3. The van der Waals surface area contributed by atoms with Crippen LogP contribution < -0.4 is 5.73 Å². The molecule has 2 N–H and O–H groups in total. The summed E-state index contributed by atoms with van der Waals surface area (Å²) in [6.45, 7) is 0.571. The number of hydrogen-bond donors (Lipinski definition) is 1. The zero-order chi connectivity index (χ0) is 13.8. The Balaban J connectivity index is 2.15. The van der Waals surface area contributed by atoms with Gasteiger partial charge in [0.1, 0.15) is 0 Å². The summed E-state index contributed by atoms with van der Waals surface area (Å²) in [4.78, 5) is 0. The minimum atomic E-state index is 0.571. The lowest BCUT2D eigenvalue weighted by Crippen LogP contribution is -1.96. The van der Waals surface area contributed by atoms with Crippen LogP contribution >= 0.6 is 0 Å². The molecule has 0 spiro atoms. The van der Waals surface area contributed by atoms with Gasteiger partial charge in [-0.3, -0.25) is 0 Å². The molecule has 3 rings (SSSR count). The fourth-order valence-electron chi connectivity index (χ4n) is 2.47. The Kier molecular flexibility index (Phi) is 3.62. The van der Waals surface area contributed by atoms with Crippen LogP contribution in [0.3, 0.4) is 0 Å². The lowest BCUT2D eigenvalue weighted by Gasteiger charge is -2.11. The Labute approximate surface area is 119 Å². The first-order valence-corrected chi connectivity index (χ1v) is 6.82. The SMILES string of the molecule is NCc1cccc(-c2ccccc2-c2ccccc2)c1. The van der Waals surface area contributed by atoms with Crippen LogP contribution in [0.15, 0.2) is 78.9 Å². The second-order valence-electron chi connectivity index (χ2n) is 4.82. The van der Waals surface area contributed by atoms with Crippen molar-refractivity contribution in [2.24, 2.45) is 5.73 Å². The number of benzene rings is 3. The first-order chi connectivity index (χ1) is 9.88. The lowest BCUT2D eigenvalue weighted by atomic mass is 9.94. The molecule has 0 aromatic heterocycles. The summed E-state index contributed by atoms with van der Waals surface area (Å²) in [6.07, 6.45) is 0. The van der Waals surface area contributed by atoms with Gasteiger partial charge in [-0.25, -0.2) is 0 Å². The summed E-state index contributed by atoms with van der Waals surface area (Å²) in [5.74, 6) is 0. The fourth-order valence-corrected chi connectivity index (χ4v) is 2.47. The highest BCUT2D eigenvalue weighted by Crippen LogP contribution is 2.32. The van der Waals surface area contributed by atoms with Crippen molar-refractivity contribution in [3.8, 4) is 22.3 Å². The molecular formula is C19H17N. The van der Waals surface area contributed by atoms with Gasteiger partial charge in [-0.15, -0.1) is 0 Å². The summed E-state index contributed by atoms with van der Waals surface area (Å²) in [5, 5.41) is 0. The molecule has 3 aromatic carbocycles. The topological polar surface area (TPSA) is 26.0 Å². The highest BCUT2D eigenvalue weighted by molar-refractivity contribution is 5.83. The molecule has 98 valence electrons. The summed E-state index contributed by atoms with van der Waals surface area (Å²) in [7, 11) is 0. The smallest absolute Gasteiger partial charge is 0.0178 e. The predicted octanol–water partition coefficient (Wildman–Crippen LogP) is 4.48. The van der Waals surface area contributed by atoms with Crippen molar-refractivity contribution >= 4 is 0 Å². The van der Waals surface area contributed by atoms with E-state index in [0.717, 1.165) is 5.56 Å². The van der Waals surface area contributed by atoms with E-state index < -0.39 is 0 Å².